The molecule has 1 aromatic heterocycles. The Morgan fingerprint density at radius 1 is 1.56 bits per heavy atom. The Balaban J connectivity index is 2.25. The summed E-state index contributed by atoms with van der Waals surface area (Å²) in [6.45, 7) is 7.15. The number of hydrogen-bond acceptors (Lipinski definition) is 4. The van der Waals surface area contributed by atoms with Gasteiger partial charge in [-0.1, -0.05) is 24.9 Å². The Kier molecular flexibility index (Phi) is 4.07. The number of nitrogens with one attached hydrogen (secondary N) is 1. The monoisotopic (exact) mass is 269 g/mol. The molecule has 0 radical (unpaired) electrons. The van der Waals surface area contributed by atoms with Crippen LogP contribution in [0.15, 0.2) is 6.33 Å². The zero-order chi connectivity index (χ0) is 13.2. The fraction of sp³-hybridized carbons (Fsp3) is 0.692. The third-order valence-electron chi connectivity index (χ3n) is 3.68. The summed E-state index contributed by atoms with van der Waals surface area (Å²) in [5.74, 6) is 0.844. The van der Waals surface area contributed by atoms with Crippen molar-refractivity contribution in [3.63, 3.8) is 0 Å². The molecule has 0 amide bonds. The first kappa shape index (κ1) is 13.6. The van der Waals surface area contributed by atoms with Gasteiger partial charge in [-0.15, -0.1) is 0 Å². The van der Waals surface area contributed by atoms with Gasteiger partial charge < -0.3 is 10.1 Å². The minimum Gasteiger partial charge on any atom is -0.376 e. The first-order valence-electron chi connectivity index (χ1n) is 6.46. The first-order chi connectivity index (χ1) is 8.57. The molecular formula is C13H20ClN3O. The number of hydrogen-bond donors (Lipinski definition) is 1. The Bertz CT molecular complexity index is 427. The van der Waals surface area contributed by atoms with Crippen LogP contribution in [0.5, 0.6) is 0 Å². The maximum absolute atomic E-state index is 6.15. The number of anilines is 1. The van der Waals surface area contributed by atoms with Crippen LogP contribution in [0.4, 0.5) is 5.82 Å². The van der Waals surface area contributed by atoms with Crippen LogP contribution in [-0.4, -0.2) is 28.2 Å². The van der Waals surface area contributed by atoms with Gasteiger partial charge in [-0.2, -0.15) is 0 Å². The van der Waals surface area contributed by atoms with E-state index in [1.165, 1.54) is 6.33 Å². The Morgan fingerprint density at radius 2 is 2.33 bits per heavy atom. The lowest BCUT2D eigenvalue weighted by Gasteiger charge is -2.30. The van der Waals surface area contributed by atoms with Crippen LogP contribution in [0.2, 0.25) is 5.15 Å². The average Bonchev–Trinajstić information content (AvgIpc) is 2.64. The molecule has 2 heterocycles. The molecule has 0 saturated carbocycles. The largest absolute Gasteiger partial charge is 0.376 e. The van der Waals surface area contributed by atoms with Crippen molar-refractivity contribution in [2.45, 2.75) is 51.7 Å². The van der Waals surface area contributed by atoms with Gasteiger partial charge in [0, 0.05) is 12.2 Å². The lowest BCUT2D eigenvalue weighted by molar-refractivity contribution is 0.105. The SMILES string of the molecule is CCCc1c(Cl)ncnc1NC1(C)CCOC1C. The number of ether oxygens (including phenoxy) is 1. The van der Waals surface area contributed by atoms with E-state index in [2.05, 4.69) is 36.1 Å². The predicted octanol–water partition coefficient (Wildman–Crippen LogP) is 3.06. The summed E-state index contributed by atoms with van der Waals surface area (Å²) in [5.41, 5.74) is 0.919. The maximum Gasteiger partial charge on any atom is 0.137 e. The predicted molar refractivity (Wildman–Crippen MR) is 73.1 cm³/mol. The highest BCUT2D eigenvalue weighted by Gasteiger charge is 2.37. The molecule has 5 heteroatoms. The highest BCUT2D eigenvalue weighted by molar-refractivity contribution is 6.30. The standard InChI is InChI=1S/C13H20ClN3O/c1-4-5-10-11(14)15-8-16-12(10)17-13(3)6-7-18-9(13)2/h8-9H,4-7H2,1-3H3,(H,15,16,17). The molecule has 100 valence electrons. The van der Waals surface area contributed by atoms with Gasteiger partial charge in [-0.05, 0) is 26.7 Å². The molecule has 1 fully saturated rings. The molecule has 0 aliphatic carbocycles. The van der Waals surface area contributed by atoms with Gasteiger partial charge in [-0.3, -0.25) is 0 Å². The van der Waals surface area contributed by atoms with Crippen LogP contribution in [0.3, 0.4) is 0 Å². The summed E-state index contributed by atoms with van der Waals surface area (Å²) in [4.78, 5) is 8.40. The maximum atomic E-state index is 6.15. The fourth-order valence-electron chi connectivity index (χ4n) is 2.24. The molecule has 18 heavy (non-hydrogen) atoms. The van der Waals surface area contributed by atoms with Crippen LogP contribution < -0.4 is 5.32 Å². The smallest absolute Gasteiger partial charge is 0.137 e. The number of aromatic nitrogens is 2. The molecule has 1 saturated heterocycles. The molecule has 2 rings (SSSR count). The molecule has 2 atom stereocenters. The van der Waals surface area contributed by atoms with Gasteiger partial charge in [0.2, 0.25) is 0 Å². The van der Waals surface area contributed by atoms with Crippen molar-refractivity contribution in [3.8, 4) is 0 Å². The molecule has 0 aromatic carbocycles. The van der Waals surface area contributed by atoms with Gasteiger partial charge in [-0.25, -0.2) is 9.97 Å². The summed E-state index contributed by atoms with van der Waals surface area (Å²) in [6.07, 6.45) is 4.55. The van der Waals surface area contributed by atoms with Gasteiger partial charge in [0.05, 0.1) is 11.6 Å². The van der Waals surface area contributed by atoms with Crippen molar-refractivity contribution < 1.29 is 4.74 Å². The second kappa shape index (κ2) is 5.41. The number of rotatable bonds is 4. The van der Waals surface area contributed by atoms with Crippen molar-refractivity contribution in [2.75, 3.05) is 11.9 Å². The minimum atomic E-state index is -0.0832. The molecule has 2 unspecified atom stereocenters. The lowest BCUT2D eigenvalue weighted by atomic mass is 9.94. The molecule has 1 aromatic rings. The van der Waals surface area contributed by atoms with E-state index in [0.29, 0.717) is 5.15 Å². The second-order valence-electron chi connectivity index (χ2n) is 5.05. The van der Waals surface area contributed by atoms with Crippen molar-refractivity contribution in [3.05, 3.63) is 17.0 Å². The topological polar surface area (TPSA) is 47.0 Å². The van der Waals surface area contributed by atoms with E-state index in [1.807, 2.05) is 0 Å². The summed E-state index contributed by atoms with van der Waals surface area (Å²) >= 11 is 6.15. The summed E-state index contributed by atoms with van der Waals surface area (Å²) in [6, 6.07) is 0. The number of halogens is 1. The Hall–Kier alpha value is -0.870. The molecule has 1 aliphatic heterocycles. The molecular weight excluding hydrogens is 250 g/mol. The van der Waals surface area contributed by atoms with E-state index in [0.717, 1.165) is 37.3 Å². The van der Waals surface area contributed by atoms with E-state index < -0.39 is 0 Å². The third-order valence-corrected chi connectivity index (χ3v) is 4.01. The van der Waals surface area contributed by atoms with Crippen molar-refractivity contribution >= 4 is 17.4 Å². The number of nitrogens with zero attached hydrogens (tertiary/aromatic N) is 2. The van der Waals surface area contributed by atoms with Crippen molar-refractivity contribution in [2.24, 2.45) is 0 Å². The van der Waals surface area contributed by atoms with Crippen LogP contribution in [0.25, 0.3) is 0 Å². The van der Waals surface area contributed by atoms with Crippen molar-refractivity contribution in [1.29, 1.82) is 0 Å². The van der Waals surface area contributed by atoms with E-state index in [-0.39, 0.29) is 11.6 Å². The van der Waals surface area contributed by atoms with Gasteiger partial charge in [0.25, 0.3) is 0 Å². The second-order valence-corrected chi connectivity index (χ2v) is 5.41. The molecule has 0 spiro atoms. The van der Waals surface area contributed by atoms with Crippen LogP contribution in [0, 0.1) is 0 Å². The van der Waals surface area contributed by atoms with Crippen LogP contribution in [-0.2, 0) is 11.2 Å². The highest BCUT2D eigenvalue weighted by Crippen LogP contribution is 2.31. The minimum absolute atomic E-state index is 0.0832. The highest BCUT2D eigenvalue weighted by atomic mass is 35.5. The molecule has 0 bridgehead atoms. The van der Waals surface area contributed by atoms with Crippen LogP contribution >= 0.6 is 11.6 Å². The van der Waals surface area contributed by atoms with E-state index in [1.54, 1.807) is 0 Å². The van der Waals surface area contributed by atoms with E-state index >= 15 is 0 Å². The van der Waals surface area contributed by atoms with Gasteiger partial charge >= 0.3 is 0 Å². The third kappa shape index (κ3) is 2.59. The molecule has 4 nitrogen and oxygen atoms in total. The molecule has 1 N–H and O–H groups in total. The van der Waals surface area contributed by atoms with Gasteiger partial charge in [0.15, 0.2) is 0 Å². The first-order valence-corrected chi connectivity index (χ1v) is 6.84. The Labute approximate surface area is 113 Å². The quantitative estimate of drug-likeness (QED) is 0.854. The van der Waals surface area contributed by atoms with E-state index in [9.17, 15) is 0 Å². The summed E-state index contributed by atoms with van der Waals surface area (Å²) < 4.78 is 5.63. The average molecular weight is 270 g/mol. The zero-order valence-electron chi connectivity index (χ0n) is 11.2. The Morgan fingerprint density at radius 3 is 2.94 bits per heavy atom. The normalized spacial score (nSPS) is 27.4. The fourth-order valence-corrected chi connectivity index (χ4v) is 2.47. The lowest BCUT2D eigenvalue weighted by Crippen LogP contribution is -2.41. The van der Waals surface area contributed by atoms with Crippen molar-refractivity contribution in [1.82, 2.24) is 9.97 Å². The summed E-state index contributed by atoms with van der Waals surface area (Å²) in [5, 5.41) is 4.05. The van der Waals surface area contributed by atoms with E-state index in [4.69, 9.17) is 16.3 Å². The van der Waals surface area contributed by atoms with Gasteiger partial charge in [0.1, 0.15) is 17.3 Å². The van der Waals surface area contributed by atoms with Crippen LogP contribution in [0.1, 0.15) is 39.2 Å². The zero-order valence-corrected chi connectivity index (χ0v) is 11.9. The molecule has 1 aliphatic rings. The summed E-state index contributed by atoms with van der Waals surface area (Å²) in [7, 11) is 0.